The number of carbonyl (C=O) groups is 3. The highest BCUT2D eigenvalue weighted by Gasteiger charge is 2.72. The van der Waals surface area contributed by atoms with Gasteiger partial charge in [0.2, 0.25) is 17.7 Å². The van der Waals surface area contributed by atoms with E-state index in [1.54, 1.807) is 29.2 Å². The minimum Gasteiger partial charge on any atom is -0.359 e. The number of carbonyl (C=O) groups excluding carboxylic acids is 3. The fraction of sp³-hybridized carbons (Fsp3) is 0.452. The summed E-state index contributed by atoms with van der Waals surface area (Å²) in [5.41, 5.74) is -0.179. The van der Waals surface area contributed by atoms with E-state index >= 15 is 0 Å². The van der Waals surface area contributed by atoms with Crippen molar-refractivity contribution in [2.24, 2.45) is 23.7 Å². The second-order valence-corrected chi connectivity index (χ2v) is 12.6. The number of nitrogens with zero attached hydrogens (tertiary/aromatic N) is 1. The van der Waals surface area contributed by atoms with Crippen LogP contribution in [-0.2, 0) is 25.7 Å². The van der Waals surface area contributed by atoms with E-state index in [2.05, 4.69) is 24.5 Å². The van der Waals surface area contributed by atoms with E-state index in [4.69, 9.17) is 27.9 Å². The summed E-state index contributed by atoms with van der Waals surface area (Å²) in [4.78, 5) is 43.5. The van der Waals surface area contributed by atoms with Gasteiger partial charge in [0.25, 0.3) is 0 Å². The van der Waals surface area contributed by atoms with Crippen LogP contribution in [0.2, 0.25) is 10.0 Å². The smallest absolute Gasteiger partial charge is 0.246 e. The Morgan fingerprint density at radius 1 is 1.10 bits per heavy atom. The van der Waals surface area contributed by atoms with E-state index < -0.39 is 41.3 Å². The molecule has 2 N–H and O–H groups in total. The van der Waals surface area contributed by atoms with Crippen LogP contribution in [0.5, 0.6) is 0 Å². The average molecular weight is 601 g/mol. The molecule has 3 heterocycles. The number of nitrogens with one attached hydrogen (secondary N) is 2. The standard InChI is InChI=1S/C31H32Cl2FN3O4/c1-16-4-3-5-23(17(16)2)36-29(39)27-31-13-12-24(41-31)25(28(38)35-20-10-11-22(34)21(33)14-20)26(31)30(40)37(27)15-18-6-8-19(32)9-7-18/h6-14,16-17,23-27H,3-5,15H2,1-2H3,(H,35,38)(H,36,39)/t16-,17-,23+,24-,25-,26-,27+,31+/m1/s1. The zero-order valence-corrected chi connectivity index (χ0v) is 24.3. The molecule has 6 rings (SSSR count). The number of rotatable bonds is 6. The fourth-order valence-electron chi connectivity index (χ4n) is 7.07. The van der Waals surface area contributed by atoms with Crippen molar-refractivity contribution in [2.75, 3.05) is 5.32 Å². The predicted molar refractivity (Wildman–Crippen MR) is 154 cm³/mol. The molecule has 10 heteroatoms. The number of halogens is 3. The maximum absolute atomic E-state index is 14.2. The molecule has 4 aliphatic rings. The van der Waals surface area contributed by atoms with Crippen molar-refractivity contribution < 1.29 is 23.5 Å². The van der Waals surface area contributed by atoms with E-state index in [1.807, 2.05) is 12.1 Å². The summed E-state index contributed by atoms with van der Waals surface area (Å²) >= 11 is 12.0. The number of hydrogen-bond acceptors (Lipinski definition) is 4. The predicted octanol–water partition coefficient (Wildman–Crippen LogP) is 5.36. The van der Waals surface area contributed by atoms with Crippen LogP contribution in [0.25, 0.3) is 0 Å². The molecule has 1 saturated carbocycles. The molecule has 2 aromatic rings. The van der Waals surface area contributed by atoms with Gasteiger partial charge in [-0.05, 0) is 54.2 Å². The van der Waals surface area contributed by atoms with Gasteiger partial charge in [-0.15, -0.1) is 0 Å². The molecule has 1 spiro atoms. The first kappa shape index (κ1) is 28.2. The van der Waals surface area contributed by atoms with Crippen molar-refractivity contribution in [2.45, 2.75) is 63.4 Å². The van der Waals surface area contributed by atoms with Crippen LogP contribution in [-0.4, -0.2) is 46.4 Å². The van der Waals surface area contributed by atoms with Crippen molar-refractivity contribution in [1.82, 2.24) is 10.2 Å². The third-order valence-electron chi connectivity index (χ3n) is 9.41. The maximum Gasteiger partial charge on any atom is 0.246 e. The van der Waals surface area contributed by atoms with Gasteiger partial charge in [0.05, 0.1) is 23.0 Å². The molecule has 2 aromatic carbocycles. The second-order valence-electron chi connectivity index (χ2n) is 11.8. The third kappa shape index (κ3) is 4.84. The first-order valence-electron chi connectivity index (χ1n) is 14.1. The molecule has 41 heavy (non-hydrogen) atoms. The molecule has 8 atom stereocenters. The number of anilines is 1. The Bertz CT molecular complexity index is 1420. The van der Waals surface area contributed by atoms with Gasteiger partial charge in [-0.3, -0.25) is 14.4 Å². The average Bonchev–Trinajstić information content (AvgIpc) is 3.58. The number of amides is 3. The molecule has 3 amide bonds. The monoisotopic (exact) mass is 599 g/mol. The van der Waals surface area contributed by atoms with E-state index in [1.165, 1.54) is 18.2 Å². The van der Waals surface area contributed by atoms with Gasteiger partial charge >= 0.3 is 0 Å². The Balaban J connectivity index is 1.32. The van der Waals surface area contributed by atoms with E-state index in [0.29, 0.717) is 22.5 Å². The summed E-state index contributed by atoms with van der Waals surface area (Å²) in [5.74, 6) is -2.68. The van der Waals surface area contributed by atoms with Gasteiger partial charge in [-0.2, -0.15) is 0 Å². The number of ether oxygens (including phenoxy) is 1. The third-order valence-corrected chi connectivity index (χ3v) is 9.95. The van der Waals surface area contributed by atoms with Crippen molar-refractivity contribution >= 4 is 46.6 Å². The van der Waals surface area contributed by atoms with Crippen LogP contribution in [0, 0.1) is 29.5 Å². The lowest BCUT2D eigenvalue weighted by Gasteiger charge is -2.38. The minimum absolute atomic E-state index is 0.0147. The molecule has 216 valence electrons. The highest BCUT2D eigenvalue weighted by molar-refractivity contribution is 6.31. The van der Waals surface area contributed by atoms with Gasteiger partial charge < -0.3 is 20.3 Å². The van der Waals surface area contributed by atoms with Crippen molar-refractivity contribution in [1.29, 1.82) is 0 Å². The van der Waals surface area contributed by atoms with E-state index in [9.17, 15) is 18.8 Å². The highest BCUT2D eigenvalue weighted by atomic mass is 35.5. The number of fused-ring (bicyclic) bond motifs is 1. The molecular formula is C31H32Cl2FN3O4. The molecule has 0 unspecified atom stereocenters. The molecule has 2 saturated heterocycles. The Labute approximate surface area is 248 Å². The summed E-state index contributed by atoms with van der Waals surface area (Å²) in [6.07, 6.45) is 5.89. The summed E-state index contributed by atoms with van der Waals surface area (Å²) in [6.45, 7) is 4.51. The number of hydrogen-bond donors (Lipinski definition) is 2. The molecule has 3 fully saturated rings. The van der Waals surface area contributed by atoms with E-state index in [0.717, 1.165) is 24.8 Å². The Morgan fingerprint density at radius 2 is 1.85 bits per heavy atom. The number of likely N-dealkylation sites (tertiary alicyclic amines) is 1. The summed E-state index contributed by atoms with van der Waals surface area (Å²) < 4.78 is 20.1. The van der Waals surface area contributed by atoms with Gasteiger partial charge in [-0.25, -0.2) is 4.39 Å². The lowest BCUT2D eigenvalue weighted by molar-refractivity contribution is -0.142. The maximum atomic E-state index is 14.2. The molecule has 3 aliphatic heterocycles. The Morgan fingerprint density at radius 3 is 2.59 bits per heavy atom. The topological polar surface area (TPSA) is 87.7 Å². The Hall–Kier alpha value is -2.94. The first-order chi connectivity index (χ1) is 19.6. The Kier molecular flexibility index (Phi) is 7.37. The molecule has 0 aromatic heterocycles. The largest absolute Gasteiger partial charge is 0.359 e. The van der Waals surface area contributed by atoms with Crippen molar-refractivity contribution in [3.05, 3.63) is 76.0 Å². The normalized spacial score (nSPS) is 33.6. The zero-order chi connectivity index (χ0) is 29.1. The van der Waals surface area contributed by atoms with Crippen molar-refractivity contribution in [3.8, 4) is 0 Å². The quantitative estimate of drug-likeness (QED) is 0.437. The van der Waals surface area contributed by atoms with Crippen molar-refractivity contribution in [3.63, 3.8) is 0 Å². The molecule has 7 nitrogen and oxygen atoms in total. The molecule has 0 radical (unpaired) electrons. The molecule has 1 aliphatic carbocycles. The van der Waals surface area contributed by atoms with Gasteiger partial charge in [0.1, 0.15) is 17.5 Å². The van der Waals surface area contributed by atoms with E-state index in [-0.39, 0.29) is 29.4 Å². The SMILES string of the molecule is C[C@@H]1[C@H](C)CCC[C@@H]1NC(=O)[C@@H]1N(Cc2ccc(Cl)cc2)C(=O)[C@H]2[C@H](C(=O)Nc3ccc(F)c(Cl)c3)[C@H]3C=C[C@@]12O3. The van der Waals surface area contributed by atoms with Crippen LogP contribution < -0.4 is 10.6 Å². The van der Waals surface area contributed by atoms with Crippen LogP contribution in [0.4, 0.5) is 10.1 Å². The second kappa shape index (κ2) is 10.7. The van der Waals surface area contributed by atoms with Crippen LogP contribution in [0.1, 0.15) is 38.7 Å². The summed E-state index contributed by atoms with van der Waals surface area (Å²) in [7, 11) is 0. The first-order valence-corrected chi connectivity index (χ1v) is 14.8. The van der Waals surface area contributed by atoms with Crippen LogP contribution in [0.3, 0.4) is 0 Å². The van der Waals surface area contributed by atoms with Gasteiger partial charge in [0.15, 0.2) is 0 Å². The lowest BCUT2D eigenvalue weighted by atomic mass is 9.73. The molecular weight excluding hydrogens is 568 g/mol. The zero-order valence-electron chi connectivity index (χ0n) is 22.8. The van der Waals surface area contributed by atoms with Crippen LogP contribution >= 0.6 is 23.2 Å². The molecule has 2 bridgehead atoms. The minimum atomic E-state index is -1.29. The fourth-order valence-corrected chi connectivity index (χ4v) is 7.38. The van der Waals surface area contributed by atoms with Crippen LogP contribution in [0.15, 0.2) is 54.6 Å². The summed E-state index contributed by atoms with van der Waals surface area (Å²) in [6, 6.07) is 10.0. The summed E-state index contributed by atoms with van der Waals surface area (Å²) in [5, 5.41) is 6.46. The lowest BCUT2D eigenvalue weighted by Crippen LogP contribution is -2.57. The van der Waals surface area contributed by atoms with Gasteiger partial charge in [-0.1, -0.05) is 74.2 Å². The number of benzene rings is 2. The highest BCUT2D eigenvalue weighted by Crippen LogP contribution is 2.55. The van der Waals surface area contributed by atoms with Gasteiger partial charge in [0, 0.05) is 23.3 Å².